The van der Waals surface area contributed by atoms with Crippen molar-refractivity contribution in [1.29, 1.82) is 0 Å². The van der Waals surface area contributed by atoms with E-state index in [1.807, 2.05) is 0 Å². The number of carboxylic acids is 1. The second kappa shape index (κ2) is 4.60. The van der Waals surface area contributed by atoms with Gasteiger partial charge in [-0.1, -0.05) is 0 Å². The molecular formula is C9H7N3O3S2. The van der Waals surface area contributed by atoms with E-state index in [9.17, 15) is 9.59 Å². The van der Waals surface area contributed by atoms with Crippen LogP contribution in [0.3, 0.4) is 0 Å². The molecule has 0 spiro atoms. The number of aromatic carboxylic acids is 1. The van der Waals surface area contributed by atoms with Crippen LogP contribution in [0.5, 0.6) is 0 Å². The highest BCUT2D eigenvalue weighted by Gasteiger charge is 2.13. The van der Waals surface area contributed by atoms with Crippen LogP contribution in [0.4, 0.5) is 5.13 Å². The minimum absolute atomic E-state index is 0.0836. The van der Waals surface area contributed by atoms with Crippen LogP contribution in [-0.4, -0.2) is 27.0 Å². The molecular weight excluding hydrogens is 262 g/mol. The third-order valence-electron chi connectivity index (χ3n) is 1.80. The Labute approximate surface area is 104 Å². The summed E-state index contributed by atoms with van der Waals surface area (Å²) >= 11 is 2.43. The minimum Gasteiger partial charge on any atom is -0.476 e. The van der Waals surface area contributed by atoms with Crippen LogP contribution in [-0.2, 0) is 0 Å². The van der Waals surface area contributed by atoms with Crippen LogP contribution in [0.25, 0.3) is 0 Å². The number of anilines is 1. The first-order valence-electron chi connectivity index (χ1n) is 4.48. The summed E-state index contributed by atoms with van der Waals surface area (Å²) in [5, 5.41) is 15.2. The summed E-state index contributed by atoms with van der Waals surface area (Å²) in [5.74, 6) is -1.51. The number of hydrogen-bond donors (Lipinski definition) is 2. The molecule has 6 nitrogen and oxygen atoms in total. The van der Waals surface area contributed by atoms with Crippen molar-refractivity contribution >= 4 is 39.7 Å². The van der Waals surface area contributed by atoms with Crippen molar-refractivity contribution in [3.63, 3.8) is 0 Å². The number of aromatic nitrogens is 2. The summed E-state index contributed by atoms with van der Waals surface area (Å²) in [5.41, 5.74) is 0.222. The number of nitrogens with zero attached hydrogens (tertiary/aromatic N) is 2. The van der Waals surface area contributed by atoms with E-state index in [4.69, 9.17) is 5.11 Å². The molecule has 0 aliphatic carbocycles. The average molecular weight is 269 g/mol. The molecule has 0 bridgehead atoms. The highest BCUT2D eigenvalue weighted by Crippen LogP contribution is 2.17. The Kier molecular flexibility index (Phi) is 3.16. The van der Waals surface area contributed by atoms with Gasteiger partial charge in [0.1, 0.15) is 5.69 Å². The summed E-state index contributed by atoms with van der Waals surface area (Å²) in [4.78, 5) is 30.0. The fourth-order valence-corrected chi connectivity index (χ4v) is 2.33. The molecule has 0 radical (unpaired) electrons. The Hall–Kier alpha value is -1.80. The largest absolute Gasteiger partial charge is 0.476 e. The molecule has 2 heterocycles. The molecule has 8 heteroatoms. The minimum atomic E-state index is -1.12. The molecule has 0 saturated heterocycles. The van der Waals surface area contributed by atoms with Crippen molar-refractivity contribution in [2.24, 2.45) is 0 Å². The monoisotopic (exact) mass is 269 g/mol. The highest BCUT2D eigenvalue weighted by molar-refractivity contribution is 7.14. The van der Waals surface area contributed by atoms with Crippen LogP contribution in [0.2, 0.25) is 0 Å². The number of carbonyl (C=O) groups excluding carboxylic acids is 1. The zero-order valence-corrected chi connectivity index (χ0v) is 10.3. The Morgan fingerprint density at radius 2 is 1.94 bits per heavy atom. The van der Waals surface area contributed by atoms with Crippen molar-refractivity contribution < 1.29 is 14.7 Å². The van der Waals surface area contributed by atoms with Gasteiger partial charge in [-0.15, -0.1) is 22.7 Å². The molecule has 2 rings (SSSR count). The topological polar surface area (TPSA) is 92.2 Å². The molecule has 17 heavy (non-hydrogen) atoms. The number of nitrogens with one attached hydrogen (secondary N) is 1. The van der Waals surface area contributed by atoms with Crippen molar-refractivity contribution in [3.05, 3.63) is 27.2 Å². The van der Waals surface area contributed by atoms with Gasteiger partial charge in [0.2, 0.25) is 0 Å². The number of thiazole rings is 2. The standard InChI is InChI=1S/C9H7N3O3S2/c1-4-10-5(2-16-4)7(13)12-9-11-6(3-17-9)8(14)15/h2-3H,1H3,(H,14,15)(H,11,12,13). The molecule has 0 unspecified atom stereocenters. The maximum Gasteiger partial charge on any atom is 0.355 e. The first kappa shape index (κ1) is 11.7. The van der Waals surface area contributed by atoms with Gasteiger partial charge >= 0.3 is 5.97 Å². The number of aryl methyl sites for hydroxylation is 1. The average Bonchev–Trinajstić information content (AvgIpc) is 2.86. The first-order valence-corrected chi connectivity index (χ1v) is 6.24. The summed E-state index contributed by atoms with van der Waals surface area (Å²) in [6.45, 7) is 1.80. The van der Waals surface area contributed by atoms with Gasteiger partial charge in [-0.25, -0.2) is 14.8 Å². The van der Waals surface area contributed by atoms with Gasteiger partial charge in [0, 0.05) is 10.8 Å². The first-order chi connectivity index (χ1) is 8.06. The molecule has 0 atom stereocenters. The second-order valence-electron chi connectivity index (χ2n) is 3.05. The Morgan fingerprint density at radius 1 is 1.24 bits per heavy atom. The zero-order valence-electron chi connectivity index (χ0n) is 8.63. The fourth-order valence-electron chi connectivity index (χ4n) is 1.06. The lowest BCUT2D eigenvalue weighted by Gasteiger charge is -1.96. The zero-order chi connectivity index (χ0) is 12.4. The molecule has 88 valence electrons. The summed E-state index contributed by atoms with van der Waals surface area (Å²) < 4.78 is 0. The maximum atomic E-state index is 11.7. The molecule has 2 aromatic heterocycles. The molecule has 2 N–H and O–H groups in total. The Morgan fingerprint density at radius 3 is 2.47 bits per heavy atom. The lowest BCUT2D eigenvalue weighted by molar-refractivity contribution is 0.0691. The van der Waals surface area contributed by atoms with Gasteiger partial charge < -0.3 is 5.11 Å². The Bertz CT molecular complexity index is 576. The van der Waals surface area contributed by atoms with Gasteiger partial charge in [-0.2, -0.15) is 0 Å². The number of carboxylic acid groups (broad SMARTS) is 1. The molecule has 2 aromatic rings. The molecule has 1 amide bonds. The number of carbonyl (C=O) groups is 2. The van der Waals surface area contributed by atoms with Gasteiger partial charge in [0.05, 0.1) is 5.01 Å². The van der Waals surface area contributed by atoms with Gasteiger partial charge in [0.25, 0.3) is 5.91 Å². The van der Waals surface area contributed by atoms with Crippen LogP contribution >= 0.6 is 22.7 Å². The SMILES string of the molecule is Cc1nc(C(=O)Nc2nc(C(=O)O)cs2)cs1. The lowest BCUT2D eigenvalue weighted by atomic mass is 10.4. The quantitative estimate of drug-likeness (QED) is 0.887. The van der Waals surface area contributed by atoms with E-state index in [-0.39, 0.29) is 16.7 Å². The summed E-state index contributed by atoms with van der Waals surface area (Å²) in [6.07, 6.45) is 0. The third kappa shape index (κ3) is 2.66. The van der Waals surface area contributed by atoms with E-state index in [2.05, 4.69) is 15.3 Å². The van der Waals surface area contributed by atoms with Gasteiger partial charge in [0.15, 0.2) is 10.8 Å². The van der Waals surface area contributed by atoms with E-state index in [0.29, 0.717) is 5.69 Å². The van der Waals surface area contributed by atoms with Gasteiger partial charge in [-0.3, -0.25) is 10.1 Å². The summed E-state index contributed by atoms with van der Waals surface area (Å²) in [7, 11) is 0. The number of hydrogen-bond acceptors (Lipinski definition) is 6. The van der Waals surface area contributed by atoms with E-state index < -0.39 is 5.97 Å². The predicted molar refractivity (Wildman–Crippen MR) is 63.9 cm³/mol. The highest BCUT2D eigenvalue weighted by atomic mass is 32.1. The fraction of sp³-hybridized carbons (Fsp3) is 0.111. The molecule has 0 fully saturated rings. The maximum absolute atomic E-state index is 11.7. The van der Waals surface area contributed by atoms with Crippen LogP contribution in [0.15, 0.2) is 10.8 Å². The smallest absolute Gasteiger partial charge is 0.355 e. The number of rotatable bonds is 3. The third-order valence-corrected chi connectivity index (χ3v) is 3.33. The normalized spacial score (nSPS) is 10.2. The van der Waals surface area contributed by atoms with Crippen molar-refractivity contribution in [2.75, 3.05) is 5.32 Å². The molecule has 0 aliphatic heterocycles. The van der Waals surface area contributed by atoms with Crippen LogP contribution in [0, 0.1) is 6.92 Å². The van der Waals surface area contributed by atoms with E-state index in [0.717, 1.165) is 16.3 Å². The lowest BCUT2D eigenvalue weighted by Crippen LogP contribution is -2.12. The summed E-state index contributed by atoms with van der Waals surface area (Å²) in [6, 6.07) is 0. The van der Waals surface area contributed by atoms with Gasteiger partial charge in [-0.05, 0) is 6.92 Å². The van der Waals surface area contributed by atoms with Crippen molar-refractivity contribution in [3.8, 4) is 0 Å². The van der Waals surface area contributed by atoms with Crippen LogP contribution in [0.1, 0.15) is 26.0 Å². The second-order valence-corrected chi connectivity index (χ2v) is 4.97. The van der Waals surface area contributed by atoms with E-state index in [1.165, 1.54) is 16.7 Å². The van der Waals surface area contributed by atoms with E-state index >= 15 is 0 Å². The predicted octanol–water partition coefficient (Wildman–Crippen LogP) is 1.86. The molecule has 0 saturated carbocycles. The number of amides is 1. The molecule has 0 aromatic carbocycles. The Balaban J connectivity index is 2.10. The van der Waals surface area contributed by atoms with E-state index in [1.54, 1.807) is 12.3 Å². The molecule has 0 aliphatic rings. The van der Waals surface area contributed by atoms with Crippen LogP contribution < -0.4 is 5.32 Å². The van der Waals surface area contributed by atoms with Crippen molar-refractivity contribution in [2.45, 2.75) is 6.92 Å². The van der Waals surface area contributed by atoms with Crippen molar-refractivity contribution in [1.82, 2.24) is 9.97 Å².